The van der Waals surface area contributed by atoms with Gasteiger partial charge in [0.1, 0.15) is 0 Å². The van der Waals surface area contributed by atoms with Gasteiger partial charge < -0.3 is 15.2 Å². The Kier molecular flexibility index (Phi) is 3.86. The van der Waals surface area contributed by atoms with E-state index in [1.54, 1.807) is 13.2 Å². The van der Waals surface area contributed by atoms with E-state index >= 15 is 0 Å². The van der Waals surface area contributed by atoms with Gasteiger partial charge in [0.05, 0.1) is 7.11 Å². The van der Waals surface area contributed by atoms with E-state index in [1.165, 1.54) is 0 Å². The molecule has 0 bridgehead atoms. The minimum absolute atomic E-state index is 0.211. The molecule has 0 aromatic heterocycles. The van der Waals surface area contributed by atoms with E-state index in [-0.39, 0.29) is 5.75 Å². The van der Waals surface area contributed by atoms with Gasteiger partial charge in [0.2, 0.25) is 0 Å². The standard InChI is InChI=1S/C13H20N2O2/c1-15-7-3-6-14-9-11(15)10-4-5-13(17-2)12(16)8-10/h4-5,8,11,14,16H,3,6-7,9H2,1-2H3. The predicted molar refractivity (Wildman–Crippen MR) is 67.5 cm³/mol. The molecule has 94 valence electrons. The summed E-state index contributed by atoms with van der Waals surface area (Å²) in [6.45, 7) is 3.05. The van der Waals surface area contributed by atoms with Crippen LogP contribution in [0.1, 0.15) is 18.0 Å². The average molecular weight is 236 g/mol. The molecule has 1 aromatic carbocycles. The number of nitrogens with zero attached hydrogens (tertiary/aromatic N) is 1. The maximum atomic E-state index is 9.81. The molecule has 0 spiro atoms. The second-order valence-corrected chi connectivity index (χ2v) is 4.49. The predicted octanol–water partition coefficient (Wildman–Crippen LogP) is 1.37. The lowest BCUT2D eigenvalue weighted by Gasteiger charge is -2.26. The van der Waals surface area contributed by atoms with Crippen LogP contribution in [0, 0.1) is 0 Å². The van der Waals surface area contributed by atoms with Gasteiger partial charge in [-0.15, -0.1) is 0 Å². The molecule has 4 heteroatoms. The van der Waals surface area contributed by atoms with E-state index in [1.807, 2.05) is 12.1 Å². The highest BCUT2D eigenvalue weighted by atomic mass is 16.5. The van der Waals surface area contributed by atoms with Gasteiger partial charge in [-0.2, -0.15) is 0 Å². The lowest BCUT2D eigenvalue weighted by molar-refractivity contribution is 0.260. The zero-order valence-electron chi connectivity index (χ0n) is 10.4. The lowest BCUT2D eigenvalue weighted by atomic mass is 10.1. The molecule has 2 rings (SSSR count). The molecule has 1 atom stereocenters. The van der Waals surface area contributed by atoms with Crippen LogP contribution in [0.5, 0.6) is 11.5 Å². The van der Waals surface area contributed by atoms with Gasteiger partial charge in [-0.1, -0.05) is 6.07 Å². The van der Waals surface area contributed by atoms with Gasteiger partial charge in [0.15, 0.2) is 11.5 Å². The summed E-state index contributed by atoms with van der Waals surface area (Å²) in [4.78, 5) is 2.32. The smallest absolute Gasteiger partial charge is 0.160 e. The number of ether oxygens (including phenoxy) is 1. The molecule has 1 aliphatic heterocycles. The van der Waals surface area contributed by atoms with Crippen LogP contribution in [0.15, 0.2) is 18.2 Å². The Morgan fingerprint density at radius 2 is 2.29 bits per heavy atom. The third-order valence-electron chi connectivity index (χ3n) is 3.32. The Balaban J connectivity index is 2.22. The summed E-state index contributed by atoms with van der Waals surface area (Å²) in [5.74, 6) is 0.737. The Morgan fingerprint density at radius 1 is 1.47 bits per heavy atom. The van der Waals surface area contributed by atoms with Crippen LogP contribution in [0.3, 0.4) is 0 Å². The molecular formula is C13H20N2O2. The Labute approximate surface area is 102 Å². The number of benzene rings is 1. The summed E-state index contributed by atoms with van der Waals surface area (Å²) in [6, 6.07) is 5.96. The number of likely N-dealkylation sites (N-methyl/N-ethyl adjacent to an activating group) is 1. The van der Waals surface area contributed by atoms with Gasteiger partial charge in [-0.25, -0.2) is 0 Å². The van der Waals surface area contributed by atoms with E-state index < -0.39 is 0 Å². The van der Waals surface area contributed by atoms with Crippen LogP contribution in [0.4, 0.5) is 0 Å². The molecule has 2 N–H and O–H groups in total. The van der Waals surface area contributed by atoms with E-state index in [4.69, 9.17) is 4.74 Å². The highest BCUT2D eigenvalue weighted by Gasteiger charge is 2.20. The fraction of sp³-hybridized carbons (Fsp3) is 0.538. The van der Waals surface area contributed by atoms with Gasteiger partial charge in [-0.3, -0.25) is 4.90 Å². The van der Waals surface area contributed by atoms with Crippen LogP contribution < -0.4 is 10.1 Å². The van der Waals surface area contributed by atoms with Crippen LogP contribution >= 0.6 is 0 Å². The Hall–Kier alpha value is -1.26. The molecule has 4 nitrogen and oxygen atoms in total. The average Bonchev–Trinajstić information content (AvgIpc) is 2.54. The van der Waals surface area contributed by atoms with Crippen molar-refractivity contribution < 1.29 is 9.84 Å². The minimum Gasteiger partial charge on any atom is -0.504 e. The zero-order valence-corrected chi connectivity index (χ0v) is 10.4. The number of aromatic hydroxyl groups is 1. The largest absolute Gasteiger partial charge is 0.504 e. The summed E-state index contributed by atoms with van der Waals surface area (Å²) in [7, 11) is 3.69. The van der Waals surface area contributed by atoms with Crippen molar-refractivity contribution in [3.05, 3.63) is 23.8 Å². The minimum atomic E-state index is 0.211. The Morgan fingerprint density at radius 3 is 3.00 bits per heavy atom. The molecule has 1 fully saturated rings. The zero-order chi connectivity index (χ0) is 12.3. The number of nitrogens with one attached hydrogen (secondary N) is 1. The molecule has 0 aliphatic carbocycles. The Bertz CT molecular complexity index is 382. The summed E-state index contributed by atoms with van der Waals surface area (Å²) in [6.07, 6.45) is 1.16. The summed E-state index contributed by atoms with van der Waals surface area (Å²) in [5.41, 5.74) is 1.13. The van der Waals surface area contributed by atoms with Crippen LogP contribution in [0.2, 0.25) is 0 Å². The molecule has 1 unspecified atom stereocenters. The van der Waals surface area contributed by atoms with Crippen molar-refractivity contribution in [2.75, 3.05) is 33.8 Å². The van der Waals surface area contributed by atoms with Crippen molar-refractivity contribution in [1.82, 2.24) is 10.2 Å². The second kappa shape index (κ2) is 5.38. The third-order valence-corrected chi connectivity index (χ3v) is 3.32. The van der Waals surface area contributed by atoms with Gasteiger partial charge >= 0.3 is 0 Å². The van der Waals surface area contributed by atoms with Crippen LogP contribution in [-0.4, -0.2) is 43.8 Å². The fourth-order valence-electron chi connectivity index (χ4n) is 2.29. The number of hydrogen-bond acceptors (Lipinski definition) is 4. The van der Waals surface area contributed by atoms with Gasteiger partial charge in [-0.05, 0) is 44.3 Å². The van der Waals surface area contributed by atoms with E-state index in [9.17, 15) is 5.11 Å². The quantitative estimate of drug-likeness (QED) is 0.814. The van der Waals surface area contributed by atoms with Crippen molar-refractivity contribution in [3.63, 3.8) is 0 Å². The third kappa shape index (κ3) is 2.70. The SMILES string of the molecule is COc1ccc(C2CNCCCN2C)cc1O. The van der Waals surface area contributed by atoms with Crippen molar-refractivity contribution in [3.8, 4) is 11.5 Å². The molecule has 0 saturated carbocycles. The molecule has 0 radical (unpaired) electrons. The first-order valence-electron chi connectivity index (χ1n) is 6.00. The number of phenols is 1. The van der Waals surface area contributed by atoms with Crippen LogP contribution in [-0.2, 0) is 0 Å². The van der Waals surface area contributed by atoms with E-state index in [0.717, 1.165) is 31.6 Å². The molecule has 1 saturated heterocycles. The number of phenolic OH excluding ortho intramolecular Hbond substituents is 1. The van der Waals surface area contributed by atoms with Gasteiger partial charge in [0, 0.05) is 12.6 Å². The molecule has 1 aromatic rings. The summed E-state index contributed by atoms with van der Waals surface area (Å²) < 4.78 is 5.06. The molecule has 17 heavy (non-hydrogen) atoms. The maximum Gasteiger partial charge on any atom is 0.160 e. The summed E-state index contributed by atoms with van der Waals surface area (Å²) in [5, 5.41) is 13.2. The van der Waals surface area contributed by atoms with Gasteiger partial charge in [0.25, 0.3) is 0 Å². The first-order chi connectivity index (χ1) is 8.22. The maximum absolute atomic E-state index is 9.81. The van der Waals surface area contributed by atoms with Crippen molar-refractivity contribution >= 4 is 0 Å². The molecule has 1 aliphatic rings. The number of methoxy groups -OCH3 is 1. The molecule has 1 heterocycles. The van der Waals surface area contributed by atoms with Crippen LogP contribution in [0.25, 0.3) is 0 Å². The van der Waals surface area contributed by atoms with Crippen molar-refractivity contribution in [2.24, 2.45) is 0 Å². The lowest BCUT2D eigenvalue weighted by Crippen LogP contribution is -2.29. The topological polar surface area (TPSA) is 44.7 Å². The van der Waals surface area contributed by atoms with E-state index in [2.05, 4.69) is 17.3 Å². The van der Waals surface area contributed by atoms with Crippen molar-refractivity contribution in [2.45, 2.75) is 12.5 Å². The number of hydrogen-bond donors (Lipinski definition) is 2. The monoisotopic (exact) mass is 236 g/mol. The second-order valence-electron chi connectivity index (χ2n) is 4.49. The first-order valence-corrected chi connectivity index (χ1v) is 6.00. The summed E-state index contributed by atoms with van der Waals surface area (Å²) >= 11 is 0. The first kappa shape index (κ1) is 12.2. The number of rotatable bonds is 2. The fourth-order valence-corrected chi connectivity index (χ4v) is 2.29. The highest BCUT2D eigenvalue weighted by Crippen LogP contribution is 2.30. The highest BCUT2D eigenvalue weighted by molar-refractivity contribution is 5.42. The normalized spacial score (nSPS) is 22.1. The molecule has 0 amide bonds. The molecular weight excluding hydrogens is 216 g/mol. The van der Waals surface area contributed by atoms with Crippen molar-refractivity contribution in [1.29, 1.82) is 0 Å². The van der Waals surface area contributed by atoms with E-state index in [0.29, 0.717) is 11.8 Å².